The van der Waals surface area contributed by atoms with Gasteiger partial charge in [-0.1, -0.05) is 30.3 Å². The van der Waals surface area contributed by atoms with Crippen LogP contribution in [-0.2, 0) is 24.7 Å². The van der Waals surface area contributed by atoms with Gasteiger partial charge in [0.15, 0.2) is 9.84 Å². The summed E-state index contributed by atoms with van der Waals surface area (Å²) in [6, 6.07) is 14.7. The molecule has 0 bridgehead atoms. The molecule has 156 valence electrons. The Labute approximate surface area is 171 Å². The standard InChI is InChI=1S/C20H24N2O5S2/c1-16-6-5-9-19(14-16)29(26,27)21-15-20(23)22-12-10-18(11-13-22)28(24,25)17-7-3-2-4-8-17/h2-9,14,18,21H,10-13,15H2,1H3. The van der Waals surface area contributed by atoms with Gasteiger partial charge in [0.05, 0.1) is 21.6 Å². The zero-order valence-electron chi connectivity index (χ0n) is 16.1. The van der Waals surface area contributed by atoms with Crippen LogP contribution in [0.5, 0.6) is 0 Å². The average Bonchev–Trinajstić information content (AvgIpc) is 2.73. The molecule has 0 spiro atoms. The number of sulfone groups is 1. The Morgan fingerprint density at radius 2 is 1.59 bits per heavy atom. The van der Waals surface area contributed by atoms with Crippen LogP contribution in [0.1, 0.15) is 18.4 Å². The number of hydrogen-bond donors (Lipinski definition) is 1. The largest absolute Gasteiger partial charge is 0.341 e. The molecule has 0 unspecified atom stereocenters. The minimum Gasteiger partial charge on any atom is -0.341 e. The third-order valence-electron chi connectivity index (χ3n) is 5.02. The second-order valence-corrected chi connectivity index (χ2v) is 11.1. The molecule has 0 aliphatic carbocycles. The van der Waals surface area contributed by atoms with Crippen molar-refractivity contribution in [2.75, 3.05) is 19.6 Å². The van der Waals surface area contributed by atoms with E-state index < -0.39 is 25.1 Å². The maximum Gasteiger partial charge on any atom is 0.241 e. The summed E-state index contributed by atoms with van der Waals surface area (Å²) < 4.78 is 52.5. The van der Waals surface area contributed by atoms with E-state index in [9.17, 15) is 21.6 Å². The number of aryl methyl sites for hydroxylation is 1. The molecule has 7 nitrogen and oxygen atoms in total. The van der Waals surface area contributed by atoms with Crippen LogP contribution >= 0.6 is 0 Å². The lowest BCUT2D eigenvalue weighted by molar-refractivity contribution is -0.130. The highest BCUT2D eigenvalue weighted by Gasteiger charge is 2.32. The lowest BCUT2D eigenvalue weighted by atomic mass is 10.1. The number of sulfonamides is 1. The molecule has 1 fully saturated rings. The summed E-state index contributed by atoms with van der Waals surface area (Å²) in [5, 5.41) is -0.544. The Morgan fingerprint density at radius 1 is 0.966 bits per heavy atom. The highest BCUT2D eigenvalue weighted by Crippen LogP contribution is 2.24. The van der Waals surface area contributed by atoms with Gasteiger partial charge in [-0.25, -0.2) is 21.6 Å². The molecule has 1 N–H and O–H groups in total. The van der Waals surface area contributed by atoms with Gasteiger partial charge in [0.2, 0.25) is 15.9 Å². The van der Waals surface area contributed by atoms with Gasteiger partial charge in [-0.15, -0.1) is 0 Å². The van der Waals surface area contributed by atoms with Gasteiger partial charge >= 0.3 is 0 Å². The van der Waals surface area contributed by atoms with Crippen molar-refractivity contribution < 1.29 is 21.6 Å². The number of nitrogens with one attached hydrogen (secondary N) is 1. The SMILES string of the molecule is Cc1cccc(S(=O)(=O)NCC(=O)N2CCC(S(=O)(=O)c3ccccc3)CC2)c1. The summed E-state index contributed by atoms with van der Waals surface area (Å²) in [4.78, 5) is 14.3. The van der Waals surface area contributed by atoms with Gasteiger partial charge in [0.1, 0.15) is 0 Å². The molecular weight excluding hydrogens is 412 g/mol. The van der Waals surface area contributed by atoms with E-state index in [0.29, 0.717) is 12.8 Å². The molecule has 2 aromatic rings. The molecular formula is C20H24N2O5S2. The van der Waals surface area contributed by atoms with Crippen molar-refractivity contribution in [1.82, 2.24) is 9.62 Å². The van der Waals surface area contributed by atoms with Crippen LogP contribution < -0.4 is 4.72 Å². The van der Waals surface area contributed by atoms with E-state index in [-0.39, 0.29) is 35.3 Å². The third-order valence-corrected chi connectivity index (χ3v) is 8.70. The average molecular weight is 437 g/mol. The van der Waals surface area contributed by atoms with Gasteiger partial charge in [-0.3, -0.25) is 4.79 Å². The fraction of sp³-hybridized carbons (Fsp3) is 0.350. The van der Waals surface area contributed by atoms with Gasteiger partial charge in [0, 0.05) is 13.1 Å². The van der Waals surface area contributed by atoms with Crippen LogP contribution in [0.25, 0.3) is 0 Å². The minimum absolute atomic E-state index is 0.109. The molecule has 1 aliphatic rings. The van der Waals surface area contributed by atoms with Gasteiger partial charge < -0.3 is 4.90 Å². The zero-order valence-corrected chi connectivity index (χ0v) is 17.7. The molecule has 2 aromatic carbocycles. The predicted molar refractivity (Wildman–Crippen MR) is 110 cm³/mol. The number of nitrogens with zero attached hydrogens (tertiary/aromatic N) is 1. The second-order valence-electron chi connectivity index (χ2n) is 7.08. The number of likely N-dealkylation sites (tertiary alicyclic amines) is 1. The number of hydrogen-bond acceptors (Lipinski definition) is 5. The molecule has 0 saturated carbocycles. The summed E-state index contributed by atoms with van der Waals surface area (Å²) in [5.41, 5.74) is 0.806. The smallest absolute Gasteiger partial charge is 0.241 e. The third kappa shape index (κ3) is 5.04. The van der Waals surface area contributed by atoms with Crippen LogP contribution in [0.15, 0.2) is 64.4 Å². The van der Waals surface area contributed by atoms with Crippen molar-refractivity contribution in [3.8, 4) is 0 Å². The molecule has 3 rings (SSSR count). The number of benzene rings is 2. The molecule has 1 amide bonds. The maximum absolute atomic E-state index is 12.7. The molecule has 1 saturated heterocycles. The summed E-state index contributed by atoms with van der Waals surface area (Å²) in [6.07, 6.45) is 0.654. The van der Waals surface area contributed by atoms with E-state index in [0.717, 1.165) is 5.56 Å². The maximum atomic E-state index is 12.7. The van der Waals surface area contributed by atoms with E-state index in [2.05, 4.69) is 4.72 Å². The van der Waals surface area contributed by atoms with Crippen LogP contribution in [0.4, 0.5) is 0 Å². The van der Waals surface area contributed by atoms with Crippen molar-refractivity contribution in [2.45, 2.75) is 34.8 Å². The van der Waals surface area contributed by atoms with Crippen LogP contribution in [0.2, 0.25) is 0 Å². The highest BCUT2D eigenvalue weighted by molar-refractivity contribution is 7.92. The number of amides is 1. The molecule has 0 atom stereocenters. The van der Waals surface area contributed by atoms with Crippen molar-refractivity contribution in [3.63, 3.8) is 0 Å². The Hall–Kier alpha value is -2.23. The fourth-order valence-electron chi connectivity index (χ4n) is 3.35. The van der Waals surface area contributed by atoms with Crippen molar-refractivity contribution >= 4 is 25.8 Å². The zero-order chi connectivity index (χ0) is 21.1. The summed E-state index contributed by atoms with van der Waals surface area (Å²) in [7, 11) is -7.22. The molecule has 0 radical (unpaired) electrons. The number of carbonyl (C=O) groups is 1. The first-order valence-corrected chi connectivity index (χ1v) is 12.4. The first-order chi connectivity index (χ1) is 13.7. The van der Waals surface area contributed by atoms with Gasteiger partial charge in [-0.05, 0) is 49.6 Å². The molecule has 9 heteroatoms. The number of piperidine rings is 1. The van der Waals surface area contributed by atoms with Crippen molar-refractivity contribution in [2.24, 2.45) is 0 Å². The van der Waals surface area contributed by atoms with E-state index in [1.165, 1.54) is 17.0 Å². The monoisotopic (exact) mass is 436 g/mol. The summed E-state index contributed by atoms with van der Waals surface area (Å²) in [6.45, 7) is 1.99. The quantitative estimate of drug-likeness (QED) is 0.743. The fourth-order valence-corrected chi connectivity index (χ4v) is 6.18. The summed E-state index contributed by atoms with van der Waals surface area (Å²) in [5.74, 6) is -0.364. The molecule has 0 aromatic heterocycles. The Kier molecular flexibility index (Phi) is 6.40. The first-order valence-electron chi connectivity index (χ1n) is 9.33. The first kappa shape index (κ1) is 21.5. The number of rotatable bonds is 6. The predicted octanol–water partition coefficient (Wildman–Crippen LogP) is 1.74. The van der Waals surface area contributed by atoms with Gasteiger partial charge in [0.25, 0.3) is 0 Å². The van der Waals surface area contributed by atoms with Crippen molar-refractivity contribution in [3.05, 3.63) is 60.2 Å². The van der Waals surface area contributed by atoms with E-state index >= 15 is 0 Å². The second kappa shape index (κ2) is 8.64. The lowest BCUT2D eigenvalue weighted by Crippen LogP contribution is -2.46. The number of carbonyl (C=O) groups excluding carboxylic acids is 1. The minimum atomic E-state index is -3.78. The van der Waals surface area contributed by atoms with Crippen molar-refractivity contribution in [1.29, 1.82) is 0 Å². The highest BCUT2D eigenvalue weighted by atomic mass is 32.2. The van der Waals surface area contributed by atoms with Crippen LogP contribution in [0.3, 0.4) is 0 Å². The Morgan fingerprint density at radius 3 is 2.21 bits per heavy atom. The topological polar surface area (TPSA) is 101 Å². The van der Waals surface area contributed by atoms with Gasteiger partial charge in [-0.2, -0.15) is 0 Å². The lowest BCUT2D eigenvalue weighted by Gasteiger charge is -2.31. The Balaban J connectivity index is 1.57. The molecule has 29 heavy (non-hydrogen) atoms. The van der Waals surface area contributed by atoms with E-state index in [4.69, 9.17) is 0 Å². The Bertz CT molecular complexity index is 1070. The normalized spacial score (nSPS) is 16.0. The molecule has 1 aliphatic heterocycles. The van der Waals surface area contributed by atoms with E-state index in [1.54, 1.807) is 49.4 Å². The van der Waals surface area contributed by atoms with Crippen LogP contribution in [-0.4, -0.2) is 52.5 Å². The van der Waals surface area contributed by atoms with E-state index in [1.807, 2.05) is 0 Å². The summed E-state index contributed by atoms with van der Waals surface area (Å²) >= 11 is 0. The van der Waals surface area contributed by atoms with Crippen LogP contribution in [0, 0.1) is 6.92 Å². The molecule has 1 heterocycles.